The van der Waals surface area contributed by atoms with Crippen molar-refractivity contribution in [2.24, 2.45) is 5.10 Å². The van der Waals surface area contributed by atoms with Crippen molar-refractivity contribution in [1.82, 2.24) is 4.83 Å². The van der Waals surface area contributed by atoms with E-state index in [1.165, 1.54) is 6.21 Å². The van der Waals surface area contributed by atoms with Gasteiger partial charge in [0.25, 0.3) is 10.0 Å². The van der Waals surface area contributed by atoms with Gasteiger partial charge in [-0.1, -0.05) is 18.2 Å². The van der Waals surface area contributed by atoms with Gasteiger partial charge in [0.05, 0.1) is 23.6 Å². The van der Waals surface area contributed by atoms with Gasteiger partial charge in [0.1, 0.15) is 0 Å². The van der Waals surface area contributed by atoms with Gasteiger partial charge >= 0.3 is 0 Å². The Morgan fingerprint density at radius 3 is 2.54 bits per heavy atom. The molecule has 0 aliphatic rings. The topological polar surface area (TPSA) is 85.6 Å². The fraction of sp³-hybridized carbons (Fsp3) is 0.333. The van der Waals surface area contributed by atoms with E-state index < -0.39 is 10.0 Å². The van der Waals surface area contributed by atoms with Gasteiger partial charge in [0.15, 0.2) is 0 Å². The lowest BCUT2D eigenvalue weighted by Gasteiger charge is -2.22. The first-order valence-electron chi connectivity index (χ1n) is 9.13. The van der Waals surface area contributed by atoms with Gasteiger partial charge in [-0.15, -0.1) is 0 Å². The number of nitrogens with one attached hydrogen (secondary N) is 1. The lowest BCUT2D eigenvalue weighted by Crippen LogP contribution is -2.23. The summed E-state index contributed by atoms with van der Waals surface area (Å²) in [6, 6.07) is 13.3. The molecule has 2 aromatic rings. The molecule has 6 nitrogen and oxygen atoms in total. The van der Waals surface area contributed by atoms with Crippen LogP contribution in [0.15, 0.2) is 46.4 Å². The standard InChI is InChI=1S/C21H26N4O2S/c1-5-25(12-6-11-22)20-10-9-19(18(4)14-20)15-23-24-28(26,27)21-13-16(2)7-8-17(21)3/h7-10,13-15,24H,5-6,12H2,1-4H3/b23-15-. The van der Waals surface area contributed by atoms with Crippen LogP contribution in [-0.4, -0.2) is 27.7 Å². The summed E-state index contributed by atoms with van der Waals surface area (Å²) in [7, 11) is -3.72. The molecule has 0 aliphatic carbocycles. The molecular weight excluding hydrogens is 372 g/mol. The minimum absolute atomic E-state index is 0.229. The zero-order valence-electron chi connectivity index (χ0n) is 16.7. The molecule has 0 amide bonds. The lowest BCUT2D eigenvalue weighted by molar-refractivity contribution is 0.584. The van der Waals surface area contributed by atoms with Crippen LogP contribution in [0.4, 0.5) is 5.69 Å². The molecule has 0 fully saturated rings. The van der Waals surface area contributed by atoms with Crippen molar-refractivity contribution in [3.8, 4) is 6.07 Å². The minimum Gasteiger partial charge on any atom is -0.371 e. The molecule has 28 heavy (non-hydrogen) atoms. The van der Waals surface area contributed by atoms with Crippen LogP contribution in [0.3, 0.4) is 0 Å². The minimum atomic E-state index is -3.72. The molecular formula is C21H26N4O2S. The molecule has 0 unspecified atom stereocenters. The average molecular weight is 399 g/mol. The van der Waals surface area contributed by atoms with E-state index in [0.29, 0.717) is 18.5 Å². The highest BCUT2D eigenvalue weighted by Crippen LogP contribution is 2.19. The highest BCUT2D eigenvalue weighted by molar-refractivity contribution is 7.89. The van der Waals surface area contributed by atoms with Crippen LogP contribution >= 0.6 is 0 Å². The normalized spacial score (nSPS) is 11.4. The average Bonchev–Trinajstić information content (AvgIpc) is 2.65. The molecule has 2 aromatic carbocycles. The van der Waals surface area contributed by atoms with Gasteiger partial charge in [-0.25, -0.2) is 4.83 Å². The van der Waals surface area contributed by atoms with E-state index >= 15 is 0 Å². The Morgan fingerprint density at radius 2 is 1.89 bits per heavy atom. The largest absolute Gasteiger partial charge is 0.371 e. The first kappa shape index (κ1) is 21.5. The smallest absolute Gasteiger partial charge is 0.276 e. The van der Waals surface area contributed by atoms with E-state index in [1.54, 1.807) is 19.1 Å². The van der Waals surface area contributed by atoms with Crippen molar-refractivity contribution < 1.29 is 8.42 Å². The Balaban J connectivity index is 2.16. The molecule has 2 rings (SSSR count). The van der Waals surface area contributed by atoms with Gasteiger partial charge < -0.3 is 4.90 Å². The SMILES string of the molecule is CCN(CCC#N)c1ccc(/C=N\NS(=O)(=O)c2cc(C)ccc2C)c(C)c1. The Hall–Kier alpha value is -2.85. The summed E-state index contributed by atoms with van der Waals surface area (Å²) in [5, 5.41) is 12.7. The Labute approximate surface area is 167 Å². The second kappa shape index (κ2) is 9.38. The number of hydrazone groups is 1. The molecule has 7 heteroatoms. The van der Waals surface area contributed by atoms with Gasteiger partial charge in [-0.05, 0) is 68.1 Å². The summed E-state index contributed by atoms with van der Waals surface area (Å²) in [6.45, 7) is 9.08. The van der Waals surface area contributed by atoms with Gasteiger partial charge in [-0.3, -0.25) is 0 Å². The highest BCUT2D eigenvalue weighted by Gasteiger charge is 2.15. The van der Waals surface area contributed by atoms with E-state index in [-0.39, 0.29) is 4.90 Å². The molecule has 0 atom stereocenters. The van der Waals surface area contributed by atoms with Crippen LogP contribution in [0, 0.1) is 32.1 Å². The fourth-order valence-corrected chi connectivity index (χ4v) is 3.99. The second-order valence-corrected chi connectivity index (χ2v) is 8.28. The molecule has 0 saturated heterocycles. The zero-order valence-corrected chi connectivity index (χ0v) is 17.5. The maximum atomic E-state index is 12.5. The highest BCUT2D eigenvalue weighted by atomic mass is 32.2. The number of sulfonamides is 1. The number of nitriles is 1. The third-order valence-corrected chi connectivity index (χ3v) is 5.87. The quantitative estimate of drug-likeness (QED) is 0.543. The number of hydrogen-bond donors (Lipinski definition) is 1. The van der Waals surface area contributed by atoms with Crippen LogP contribution in [0.1, 0.15) is 35.6 Å². The van der Waals surface area contributed by atoms with Crippen LogP contribution in [0.25, 0.3) is 0 Å². The van der Waals surface area contributed by atoms with Crippen LogP contribution in [0.2, 0.25) is 0 Å². The molecule has 0 aromatic heterocycles. The first-order valence-corrected chi connectivity index (χ1v) is 10.6. The number of hydrogen-bond acceptors (Lipinski definition) is 5. The maximum absolute atomic E-state index is 12.5. The molecule has 0 radical (unpaired) electrons. The summed E-state index contributed by atoms with van der Waals surface area (Å²) in [5.74, 6) is 0. The first-order chi connectivity index (χ1) is 13.3. The molecule has 0 bridgehead atoms. The molecule has 1 N–H and O–H groups in total. The zero-order chi connectivity index (χ0) is 20.7. The predicted octanol–water partition coefficient (Wildman–Crippen LogP) is 3.66. The Morgan fingerprint density at radius 1 is 1.14 bits per heavy atom. The van der Waals surface area contributed by atoms with Crippen molar-refractivity contribution in [2.75, 3.05) is 18.0 Å². The molecule has 148 valence electrons. The third-order valence-electron chi connectivity index (χ3n) is 4.50. The Bertz CT molecular complexity index is 1010. The van der Waals surface area contributed by atoms with Gasteiger partial charge in [-0.2, -0.15) is 18.8 Å². The monoisotopic (exact) mass is 398 g/mol. The molecule has 0 saturated carbocycles. The summed E-state index contributed by atoms with van der Waals surface area (Å²) < 4.78 is 25.0. The van der Waals surface area contributed by atoms with E-state index in [2.05, 4.69) is 20.9 Å². The summed E-state index contributed by atoms with van der Waals surface area (Å²) in [5.41, 5.74) is 4.37. The van der Waals surface area contributed by atoms with Crippen molar-refractivity contribution >= 4 is 21.9 Å². The number of anilines is 1. The van der Waals surface area contributed by atoms with E-state index in [9.17, 15) is 8.42 Å². The summed E-state index contributed by atoms with van der Waals surface area (Å²) >= 11 is 0. The fourth-order valence-electron chi connectivity index (χ4n) is 2.87. The second-order valence-electron chi connectivity index (χ2n) is 6.65. The lowest BCUT2D eigenvalue weighted by atomic mass is 10.1. The van der Waals surface area contributed by atoms with Gasteiger partial charge in [0.2, 0.25) is 0 Å². The van der Waals surface area contributed by atoms with E-state index in [1.807, 2.05) is 45.0 Å². The van der Waals surface area contributed by atoms with Crippen molar-refractivity contribution in [3.63, 3.8) is 0 Å². The maximum Gasteiger partial charge on any atom is 0.276 e. The van der Waals surface area contributed by atoms with Crippen molar-refractivity contribution in [2.45, 2.75) is 39.0 Å². The molecule has 0 aliphatic heterocycles. The molecule has 0 heterocycles. The van der Waals surface area contributed by atoms with Crippen molar-refractivity contribution in [1.29, 1.82) is 5.26 Å². The summed E-state index contributed by atoms with van der Waals surface area (Å²) in [4.78, 5) is 4.65. The number of rotatable bonds is 8. The number of benzene rings is 2. The predicted molar refractivity (Wildman–Crippen MR) is 113 cm³/mol. The van der Waals surface area contributed by atoms with Gasteiger partial charge in [0, 0.05) is 18.8 Å². The Kier molecular flexibility index (Phi) is 7.18. The third kappa shape index (κ3) is 5.33. The number of nitrogens with zero attached hydrogens (tertiary/aromatic N) is 3. The van der Waals surface area contributed by atoms with Crippen LogP contribution in [0.5, 0.6) is 0 Å². The number of aryl methyl sites for hydroxylation is 3. The summed E-state index contributed by atoms with van der Waals surface area (Å²) in [6.07, 6.45) is 1.98. The van der Waals surface area contributed by atoms with E-state index in [4.69, 9.17) is 5.26 Å². The van der Waals surface area contributed by atoms with E-state index in [0.717, 1.165) is 28.9 Å². The van der Waals surface area contributed by atoms with Crippen LogP contribution < -0.4 is 9.73 Å². The van der Waals surface area contributed by atoms with Crippen molar-refractivity contribution in [3.05, 3.63) is 58.7 Å². The molecule has 0 spiro atoms. The van der Waals surface area contributed by atoms with Crippen LogP contribution in [-0.2, 0) is 10.0 Å².